The van der Waals surface area contributed by atoms with Crippen molar-refractivity contribution in [2.24, 2.45) is 33.8 Å². The minimum absolute atomic E-state index is 0.0221. The van der Waals surface area contributed by atoms with Crippen LogP contribution in [0.4, 0.5) is 0 Å². The molecule has 23 heteroatoms. The summed E-state index contributed by atoms with van der Waals surface area (Å²) in [6, 6.07) is 0.141. The molecule has 0 spiro atoms. The van der Waals surface area contributed by atoms with E-state index in [9.17, 15) is 54.0 Å². The Kier molecular flexibility index (Phi) is 19.9. The van der Waals surface area contributed by atoms with Gasteiger partial charge in [-0.3, -0.25) is 38.6 Å². The topological polar surface area (TPSA) is 398 Å². The lowest BCUT2D eigenvalue weighted by Gasteiger charge is -2.42. The minimum Gasteiger partial charge on any atom is -0.394 e. The fourth-order valence-electron chi connectivity index (χ4n) is 5.79. The molecular formula is C35H57N11O12. The predicted molar refractivity (Wildman–Crippen MR) is 205 cm³/mol. The van der Waals surface area contributed by atoms with Crippen LogP contribution in [0.25, 0.3) is 0 Å². The van der Waals surface area contributed by atoms with E-state index >= 15 is 0 Å². The van der Waals surface area contributed by atoms with E-state index in [2.05, 4.69) is 36.9 Å². The molecule has 1 saturated heterocycles. The van der Waals surface area contributed by atoms with Crippen molar-refractivity contribution in [1.82, 2.24) is 31.9 Å². The third kappa shape index (κ3) is 15.5. The highest BCUT2D eigenvalue weighted by molar-refractivity contribution is 5.97. The quantitative estimate of drug-likeness (QED) is 0.0294. The minimum atomic E-state index is -1.84. The summed E-state index contributed by atoms with van der Waals surface area (Å²) < 4.78 is 5.52. The normalized spacial score (nSPS) is 21.5. The van der Waals surface area contributed by atoms with Crippen LogP contribution in [0.3, 0.4) is 0 Å². The molecule has 23 nitrogen and oxygen atoms in total. The van der Waals surface area contributed by atoms with E-state index in [1.807, 2.05) is 0 Å². The second-order valence-corrected chi connectivity index (χ2v) is 14.0. The number of rotatable bonds is 22. The Balaban J connectivity index is 2.36. The number of aliphatic hydroxyl groups excluding tert-OH is 4. The first-order valence-corrected chi connectivity index (χ1v) is 18.4. The van der Waals surface area contributed by atoms with Gasteiger partial charge in [0.05, 0.1) is 25.7 Å². The molecule has 1 aromatic rings. The van der Waals surface area contributed by atoms with Crippen molar-refractivity contribution < 1.29 is 58.7 Å². The summed E-state index contributed by atoms with van der Waals surface area (Å²) in [6.07, 6.45) is -6.99. The van der Waals surface area contributed by atoms with Crippen molar-refractivity contribution in [3.63, 3.8) is 0 Å². The molecule has 2 rings (SSSR count). The number of nitrogens with two attached hydrogens (primary N) is 4. The molecule has 1 fully saturated rings. The zero-order valence-corrected chi connectivity index (χ0v) is 32.5. The van der Waals surface area contributed by atoms with Gasteiger partial charge in [0.2, 0.25) is 41.4 Å². The van der Waals surface area contributed by atoms with Gasteiger partial charge in [-0.1, -0.05) is 44.2 Å². The van der Waals surface area contributed by atoms with Gasteiger partial charge in [-0.25, -0.2) is 0 Å². The van der Waals surface area contributed by atoms with Gasteiger partial charge in [0, 0.05) is 13.5 Å². The molecule has 1 aliphatic rings. The number of nitrogens with zero attached hydrogens (tertiary/aromatic N) is 1. The number of amides is 7. The van der Waals surface area contributed by atoms with Gasteiger partial charge < -0.3 is 80.0 Å². The SMILES string of the molecule is CC(=O)N[C@@H]1[C@@H](O)[C@H](O)[C@@H](CO)O[C@H]1NC(=O)C[C@H](NC(=O)[C@@H](NC(=O)[C@@H](N)Cc1ccccc1)C(C)C)C(=O)N[C@@H](CO)C(=O)N[C@@H](CCCN=C(N)N)C(N)=O. The van der Waals surface area contributed by atoms with Gasteiger partial charge in [-0.05, 0) is 30.7 Å². The van der Waals surface area contributed by atoms with Gasteiger partial charge in [-0.2, -0.15) is 0 Å². The fourth-order valence-corrected chi connectivity index (χ4v) is 5.79. The van der Waals surface area contributed by atoms with E-state index in [4.69, 9.17) is 27.7 Å². The largest absolute Gasteiger partial charge is 0.394 e. The number of hydrogen-bond donors (Lipinski definition) is 14. The number of guanidine groups is 1. The Labute approximate surface area is 334 Å². The number of aliphatic imine (C=N–C) groups is 1. The first kappa shape index (κ1) is 48.7. The van der Waals surface area contributed by atoms with E-state index in [1.54, 1.807) is 44.2 Å². The van der Waals surface area contributed by atoms with Crippen molar-refractivity contribution in [3.8, 4) is 0 Å². The van der Waals surface area contributed by atoms with Gasteiger partial charge >= 0.3 is 0 Å². The van der Waals surface area contributed by atoms with Crippen LogP contribution in [-0.4, -0.2) is 148 Å². The zero-order valence-electron chi connectivity index (χ0n) is 32.5. The van der Waals surface area contributed by atoms with Crippen LogP contribution < -0.4 is 54.8 Å². The second-order valence-electron chi connectivity index (χ2n) is 14.0. The molecule has 7 amide bonds. The smallest absolute Gasteiger partial charge is 0.245 e. The monoisotopic (exact) mass is 823 g/mol. The molecule has 18 N–H and O–H groups in total. The number of ether oxygens (including phenoxy) is 1. The third-order valence-corrected chi connectivity index (χ3v) is 8.92. The van der Waals surface area contributed by atoms with Crippen molar-refractivity contribution >= 4 is 47.3 Å². The third-order valence-electron chi connectivity index (χ3n) is 8.92. The van der Waals surface area contributed by atoms with Crippen LogP contribution >= 0.6 is 0 Å². The van der Waals surface area contributed by atoms with Crippen molar-refractivity contribution in [2.45, 2.75) is 107 Å². The maximum absolute atomic E-state index is 13.8. The summed E-state index contributed by atoms with van der Waals surface area (Å²) in [5.74, 6) is -7.38. The van der Waals surface area contributed by atoms with E-state index in [1.165, 1.54) is 0 Å². The molecule has 1 aromatic carbocycles. The van der Waals surface area contributed by atoms with E-state index < -0.39 is 128 Å². The summed E-state index contributed by atoms with van der Waals surface area (Å²) in [4.78, 5) is 95.0. The number of carbonyl (C=O) groups excluding carboxylic acids is 7. The predicted octanol–water partition coefficient (Wildman–Crippen LogP) is -6.87. The van der Waals surface area contributed by atoms with Crippen molar-refractivity contribution in [3.05, 3.63) is 35.9 Å². The number of primary amides is 1. The molecule has 0 unspecified atom stereocenters. The molecule has 0 radical (unpaired) electrons. The molecule has 0 saturated carbocycles. The van der Waals surface area contributed by atoms with Crippen LogP contribution in [-0.2, 0) is 44.7 Å². The Hall–Kier alpha value is -5.46. The summed E-state index contributed by atoms with van der Waals surface area (Å²) in [5, 5.41) is 54.9. The number of carbonyl (C=O) groups is 7. The lowest BCUT2D eigenvalue weighted by molar-refractivity contribution is -0.203. The maximum Gasteiger partial charge on any atom is 0.245 e. The first-order valence-electron chi connectivity index (χ1n) is 18.4. The van der Waals surface area contributed by atoms with Crippen LogP contribution in [0.5, 0.6) is 0 Å². The highest BCUT2D eigenvalue weighted by Gasteiger charge is 2.45. The molecule has 0 aromatic heterocycles. The van der Waals surface area contributed by atoms with Crippen LogP contribution in [0, 0.1) is 5.92 Å². The average molecular weight is 824 g/mol. The molecule has 1 aliphatic heterocycles. The highest BCUT2D eigenvalue weighted by Crippen LogP contribution is 2.20. The second kappa shape index (κ2) is 23.7. The number of aliphatic hydroxyl groups is 4. The summed E-state index contributed by atoms with van der Waals surface area (Å²) in [6.45, 7) is 2.55. The Morgan fingerprint density at radius 1 is 0.810 bits per heavy atom. The highest BCUT2D eigenvalue weighted by atomic mass is 16.5. The molecule has 58 heavy (non-hydrogen) atoms. The summed E-state index contributed by atoms with van der Waals surface area (Å²) in [5.41, 5.74) is 22.9. The van der Waals surface area contributed by atoms with Gasteiger partial charge in [-0.15, -0.1) is 0 Å². The van der Waals surface area contributed by atoms with E-state index in [-0.39, 0.29) is 31.8 Å². The molecular weight excluding hydrogens is 766 g/mol. The van der Waals surface area contributed by atoms with Gasteiger partial charge in [0.25, 0.3) is 0 Å². The van der Waals surface area contributed by atoms with Crippen molar-refractivity contribution in [1.29, 1.82) is 0 Å². The standard InChI is InChI=1S/C35H57N11O12/c1-16(2)25(46-30(54)19(36)12-18-8-5-4-6-9-18)33(57)43-21(13-24(50)45-34-26(41-17(3)49)28(52)27(51)23(15-48)58-34)31(55)44-22(14-47)32(56)42-20(29(37)53)10-7-11-40-35(38)39/h4-6,8-9,16,19-23,25-28,34,47-48,51-52H,7,10-15,36H2,1-3H3,(H2,37,53)(H,41,49)(H,42,56)(H,43,57)(H,44,55)(H,45,50)(H,46,54)(H4,38,39,40)/t19-,20-,21-,22-,23+,25-,26+,27+,28+,34+/m0/s1. The molecule has 0 aliphatic carbocycles. The Bertz CT molecular complexity index is 1600. The summed E-state index contributed by atoms with van der Waals surface area (Å²) >= 11 is 0. The molecule has 1 heterocycles. The van der Waals surface area contributed by atoms with E-state index in [0.717, 1.165) is 12.5 Å². The Morgan fingerprint density at radius 3 is 1.97 bits per heavy atom. The molecule has 10 atom stereocenters. The average Bonchev–Trinajstić information content (AvgIpc) is 3.16. The van der Waals surface area contributed by atoms with Crippen LogP contribution in [0.1, 0.15) is 45.6 Å². The lowest BCUT2D eigenvalue weighted by Crippen LogP contribution is -2.68. The van der Waals surface area contributed by atoms with Crippen molar-refractivity contribution in [2.75, 3.05) is 19.8 Å². The lowest BCUT2D eigenvalue weighted by atomic mass is 9.95. The van der Waals surface area contributed by atoms with Gasteiger partial charge in [0.1, 0.15) is 48.5 Å². The number of hydrogen-bond acceptors (Lipinski definition) is 14. The first-order chi connectivity index (χ1) is 27.3. The Morgan fingerprint density at radius 2 is 1.41 bits per heavy atom. The molecule has 324 valence electrons. The fraction of sp³-hybridized carbons (Fsp3) is 0.600. The summed E-state index contributed by atoms with van der Waals surface area (Å²) in [7, 11) is 0. The van der Waals surface area contributed by atoms with Crippen LogP contribution in [0.15, 0.2) is 35.3 Å². The maximum atomic E-state index is 13.8. The number of nitrogens with one attached hydrogen (secondary N) is 6. The zero-order chi connectivity index (χ0) is 43.7. The molecule has 0 bridgehead atoms. The van der Waals surface area contributed by atoms with Gasteiger partial charge in [0.15, 0.2) is 12.2 Å². The number of benzene rings is 1. The van der Waals surface area contributed by atoms with E-state index in [0.29, 0.717) is 0 Å². The van der Waals surface area contributed by atoms with Crippen LogP contribution in [0.2, 0.25) is 0 Å².